The van der Waals surface area contributed by atoms with Crippen molar-refractivity contribution in [2.24, 2.45) is 5.92 Å². The summed E-state index contributed by atoms with van der Waals surface area (Å²) in [5.74, 6) is -0.566. The highest BCUT2D eigenvalue weighted by atomic mass is 16.6. The molecule has 26 heavy (non-hydrogen) atoms. The van der Waals surface area contributed by atoms with E-state index in [0.717, 1.165) is 0 Å². The average Bonchev–Trinajstić information content (AvgIpc) is 3.24. The standard InChI is InChI=1S/C18H23N5O3/c1-11(2)18(4)17(25)21-15(22-18)14-13(7-5-8-19-14)16(24)26-12(3)23-10-6-9-20-23/h5-12,15,22H,1-4H3,(H,21,25). The van der Waals surface area contributed by atoms with Crippen LogP contribution >= 0.6 is 0 Å². The fourth-order valence-electron chi connectivity index (χ4n) is 2.84. The van der Waals surface area contributed by atoms with Crippen molar-refractivity contribution in [1.82, 2.24) is 25.4 Å². The van der Waals surface area contributed by atoms with Crippen molar-refractivity contribution < 1.29 is 14.3 Å². The lowest BCUT2D eigenvalue weighted by Gasteiger charge is -2.26. The van der Waals surface area contributed by atoms with E-state index in [9.17, 15) is 9.59 Å². The Bertz CT molecular complexity index is 805. The van der Waals surface area contributed by atoms with E-state index in [1.54, 1.807) is 48.4 Å². The predicted molar refractivity (Wildman–Crippen MR) is 93.9 cm³/mol. The van der Waals surface area contributed by atoms with E-state index in [2.05, 4.69) is 20.7 Å². The van der Waals surface area contributed by atoms with Crippen LogP contribution in [0, 0.1) is 5.92 Å². The summed E-state index contributed by atoms with van der Waals surface area (Å²) >= 11 is 0. The number of carbonyl (C=O) groups excluding carboxylic acids is 2. The van der Waals surface area contributed by atoms with E-state index >= 15 is 0 Å². The van der Waals surface area contributed by atoms with Crippen LogP contribution in [0.4, 0.5) is 0 Å². The van der Waals surface area contributed by atoms with Gasteiger partial charge in [-0.15, -0.1) is 0 Å². The molecule has 8 heteroatoms. The van der Waals surface area contributed by atoms with Crippen LogP contribution in [-0.4, -0.2) is 32.2 Å². The molecule has 2 N–H and O–H groups in total. The molecule has 1 fully saturated rings. The normalized spacial score (nSPS) is 23.7. The third kappa shape index (κ3) is 3.20. The van der Waals surface area contributed by atoms with Gasteiger partial charge < -0.3 is 10.1 Å². The van der Waals surface area contributed by atoms with Gasteiger partial charge in [-0.25, -0.2) is 9.48 Å². The molecule has 0 spiro atoms. The summed E-state index contributed by atoms with van der Waals surface area (Å²) in [5, 5.41) is 10.2. The van der Waals surface area contributed by atoms with Crippen LogP contribution in [0.2, 0.25) is 0 Å². The number of nitrogens with zero attached hydrogens (tertiary/aromatic N) is 3. The Labute approximate surface area is 151 Å². The van der Waals surface area contributed by atoms with Gasteiger partial charge in [0.25, 0.3) is 0 Å². The molecular weight excluding hydrogens is 334 g/mol. The second kappa shape index (κ2) is 6.87. The van der Waals surface area contributed by atoms with Crippen LogP contribution in [0.5, 0.6) is 0 Å². The number of carbonyl (C=O) groups is 2. The zero-order valence-corrected chi connectivity index (χ0v) is 15.3. The first-order valence-electron chi connectivity index (χ1n) is 8.56. The van der Waals surface area contributed by atoms with Gasteiger partial charge in [-0.05, 0) is 38.0 Å². The molecule has 0 aliphatic carbocycles. The van der Waals surface area contributed by atoms with Gasteiger partial charge in [0, 0.05) is 18.6 Å². The van der Waals surface area contributed by atoms with E-state index in [1.165, 1.54) is 0 Å². The van der Waals surface area contributed by atoms with Crippen molar-refractivity contribution in [3.63, 3.8) is 0 Å². The number of esters is 1. The van der Waals surface area contributed by atoms with E-state index < -0.39 is 23.9 Å². The van der Waals surface area contributed by atoms with E-state index in [-0.39, 0.29) is 11.8 Å². The number of pyridine rings is 1. The molecule has 0 radical (unpaired) electrons. The molecule has 3 rings (SSSR count). The highest BCUT2D eigenvalue weighted by Crippen LogP contribution is 2.28. The van der Waals surface area contributed by atoms with Crippen LogP contribution in [-0.2, 0) is 9.53 Å². The minimum atomic E-state index is -0.730. The Morgan fingerprint density at radius 2 is 2.08 bits per heavy atom. The van der Waals surface area contributed by atoms with E-state index in [1.807, 2.05) is 20.8 Å². The molecule has 8 nitrogen and oxygen atoms in total. The molecular formula is C18H23N5O3. The van der Waals surface area contributed by atoms with Gasteiger partial charge in [-0.1, -0.05) is 13.8 Å². The van der Waals surface area contributed by atoms with Crippen LogP contribution < -0.4 is 10.6 Å². The largest absolute Gasteiger partial charge is 0.436 e. The average molecular weight is 357 g/mol. The predicted octanol–water partition coefficient (Wildman–Crippen LogP) is 1.79. The van der Waals surface area contributed by atoms with Gasteiger partial charge in [-0.2, -0.15) is 5.10 Å². The van der Waals surface area contributed by atoms with Crippen molar-refractivity contribution >= 4 is 11.9 Å². The SMILES string of the molecule is CC(OC(=O)c1cccnc1C1NC(=O)C(C)(C(C)C)N1)n1cccn1. The Kier molecular flexibility index (Phi) is 4.78. The topological polar surface area (TPSA) is 98.1 Å². The minimum absolute atomic E-state index is 0.0754. The summed E-state index contributed by atoms with van der Waals surface area (Å²) in [6.07, 6.45) is 3.80. The quantitative estimate of drug-likeness (QED) is 0.792. The number of hydrogen-bond donors (Lipinski definition) is 2. The maximum Gasteiger partial charge on any atom is 0.342 e. The fourth-order valence-corrected chi connectivity index (χ4v) is 2.84. The van der Waals surface area contributed by atoms with Crippen molar-refractivity contribution in [3.05, 3.63) is 48.0 Å². The summed E-state index contributed by atoms with van der Waals surface area (Å²) in [4.78, 5) is 29.4. The van der Waals surface area contributed by atoms with Crippen LogP contribution in [0.25, 0.3) is 0 Å². The lowest BCUT2D eigenvalue weighted by atomic mass is 9.89. The van der Waals surface area contributed by atoms with Gasteiger partial charge >= 0.3 is 5.97 Å². The third-order valence-electron chi connectivity index (χ3n) is 4.85. The van der Waals surface area contributed by atoms with Crippen molar-refractivity contribution in [2.45, 2.75) is 45.6 Å². The van der Waals surface area contributed by atoms with Gasteiger partial charge in [-0.3, -0.25) is 15.1 Å². The molecule has 2 aromatic heterocycles. The van der Waals surface area contributed by atoms with Gasteiger partial charge in [0.2, 0.25) is 5.91 Å². The number of rotatable bonds is 5. The van der Waals surface area contributed by atoms with Gasteiger partial charge in [0.05, 0.1) is 16.8 Å². The highest BCUT2D eigenvalue weighted by Gasteiger charge is 2.46. The zero-order chi connectivity index (χ0) is 18.9. The molecule has 138 valence electrons. The maximum atomic E-state index is 12.7. The Balaban J connectivity index is 1.83. The smallest absolute Gasteiger partial charge is 0.342 e. The van der Waals surface area contributed by atoms with Crippen LogP contribution in [0.15, 0.2) is 36.8 Å². The first kappa shape index (κ1) is 18.1. The molecule has 3 heterocycles. The van der Waals surface area contributed by atoms with Crippen LogP contribution in [0.1, 0.15) is 56.1 Å². The first-order chi connectivity index (χ1) is 12.3. The minimum Gasteiger partial charge on any atom is -0.436 e. The second-order valence-corrected chi connectivity index (χ2v) is 6.83. The van der Waals surface area contributed by atoms with Crippen LogP contribution in [0.3, 0.4) is 0 Å². The monoisotopic (exact) mass is 357 g/mol. The number of aromatic nitrogens is 3. The second-order valence-electron chi connectivity index (χ2n) is 6.83. The number of nitrogens with one attached hydrogen (secondary N) is 2. The molecule has 1 amide bonds. The summed E-state index contributed by atoms with van der Waals surface area (Å²) in [7, 11) is 0. The summed E-state index contributed by atoms with van der Waals surface area (Å²) in [6.45, 7) is 7.50. The van der Waals surface area contributed by atoms with Crippen molar-refractivity contribution in [3.8, 4) is 0 Å². The molecule has 0 saturated carbocycles. The van der Waals surface area contributed by atoms with Crippen molar-refractivity contribution in [2.75, 3.05) is 0 Å². The zero-order valence-electron chi connectivity index (χ0n) is 15.3. The van der Waals surface area contributed by atoms with Crippen molar-refractivity contribution in [1.29, 1.82) is 0 Å². The van der Waals surface area contributed by atoms with E-state index in [0.29, 0.717) is 11.3 Å². The molecule has 1 aliphatic heterocycles. The summed E-state index contributed by atoms with van der Waals surface area (Å²) in [6, 6.07) is 5.06. The third-order valence-corrected chi connectivity index (χ3v) is 4.85. The number of amides is 1. The molecule has 1 saturated heterocycles. The molecule has 0 bridgehead atoms. The highest BCUT2D eigenvalue weighted by molar-refractivity contribution is 5.92. The molecule has 3 atom stereocenters. The molecule has 1 aliphatic rings. The lowest BCUT2D eigenvalue weighted by Crippen LogP contribution is -2.48. The molecule has 2 aromatic rings. The lowest BCUT2D eigenvalue weighted by molar-refractivity contribution is -0.125. The summed E-state index contributed by atoms with van der Waals surface area (Å²) in [5.41, 5.74) is 0.00586. The number of ether oxygens (including phenoxy) is 1. The van der Waals surface area contributed by atoms with E-state index in [4.69, 9.17) is 4.74 Å². The molecule has 3 unspecified atom stereocenters. The Morgan fingerprint density at radius 3 is 2.69 bits per heavy atom. The summed E-state index contributed by atoms with van der Waals surface area (Å²) < 4.78 is 7.03. The van der Waals surface area contributed by atoms with Gasteiger partial charge in [0.15, 0.2) is 6.23 Å². The Hall–Kier alpha value is -2.74. The Morgan fingerprint density at radius 1 is 1.31 bits per heavy atom. The number of hydrogen-bond acceptors (Lipinski definition) is 6. The molecule has 0 aromatic carbocycles. The first-order valence-corrected chi connectivity index (χ1v) is 8.56. The van der Waals surface area contributed by atoms with Gasteiger partial charge in [0.1, 0.15) is 6.17 Å². The maximum absolute atomic E-state index is 12.7. The fraction of sp³-hybridized carbons (Fsp3) is 0.444.